The summed E-state index contributed by atoms with van der Waals surface area (Å²) in [5.41, 5.74) is 21.8. The molecule has 0 saturated carbocycles. The fourth-order valence-electron chi connectivity index (χ4n) is 7.29. The number of methoxy groups -OCH3 is 1. The quantitative estimate of drug-likeness (QED) is 0.0229. The molecule has 3 rings (SSSR count). The van der Waals surface area contributed by atoms with Crippen molar-refractivity contribution in [3.8, 4) is 5.75 Å². The van der Waals surface area contributed by atoms with E-state index in [-0.39, 0.29) is 56.4 Å². The van der Waals surface area contributed by atoms with Gasteiger partial charge in [0, 0.05) is 43.2 Å². The molecule has 1 saturated heterocycles. The van der Waals surface area contributed by atoms with Gasteiger partial charge in [-0.05, 0) is 83.4 Å². The third-order valence-electron chi connectivity index (χ3n) is 10.8. The highest BCUT2D eigenvalue weighted by Gasteiger charge is 2.37. The number of carbonyl (C=O) groups is 8. The molecule has 1 aliphatic rings. The minimum Gasteiger partial charge on any atom is -0.497 e. The second-order valence-electron chi connectivity index (χ2n) is 16.9. The van der Waals surface area contributed by atoms with Crippen molar-refractivity contribution in [2.45, 2.75) is 122 Å². The Morgan fingerprint density at radius 1 is 0.864 bits per heavy atom. The van der Waals surface area contributed by atoms with Gasteiger partial charge in [0.25, 0.3) is 0 Å². The molecule has 13 N–H and O–H groups in total. The maximum absolute atomic E-state index is 13.8. The van der Waals surface area contributed by atoms with E-state index >= 15 is 0 Å². The molecule has 2 heterocycles. The van der Waals surface area contributed by atoms with Crippen molar-refractivity contribution in [3.05, 3.63) is 40.2 Å². The first-order valence-corrected chi connectivity index (χ1v) is 21.8. The van der Waals surface area contributed by atoms with Crippen molar-refractivity contribution in [1.82, 2.24) is 36.4 Å². The highest BCUT2D eigenvalue weighted by Crippen LogP contribution is 2.25. The summed E-state index contributed by atoms with van der Waals surface area (Å²) in [7, 11) is 1.47. The number of ether oxygens (including phenoxy) is 1. The standard InChI is InChI=1S/C43H66N12O11/c1-22(2)16-30(53-41(63)32-11-9-15-54(32)35(57)17-26-18-36(58)66-33-19-27(65-7)12-13-28(26)33)39(61)50-25(6)42(64)55(23(3)4)21-34(56)51-31(20-44)40(62)49-24(5)38(60)52-29(37(45)59)10-8-14-48-43(46)47/h12-13,18-19,22-25,29-32H,8-11,14-17,20-21,44H2,1-7H3,(H2,45,59)(H,49,62)(H,50,61)(H,51,56)(H,52,60)(H,53,63)(H4,46,47,48)/t24-,25-,29-,30-,31-,32-/m0/s1. The van der Waals surface area contributed by atoms with E-state index in [1.165, 1.54) is 36.8 Å². The van der Waals surface area contributed by atoms with Crippen LogP contribution in [-0.2, 0) is 44.8 Å². The number of aliphatic imine (C=N–C) groups is 1. The molecule has 66 heavy (non-hydrogen) atoms. The lowest BCUT2D eigenvalue weighted by Crippen LogP contribution is -2.59. The van der Waals surface area contributed by atoms with E-state index in [9.17, 15) is 43.2 Å². The number of hydrogen-bond donors (Lipinski definition) is 9. The molecule has 0 unspecified atom stereocenters. The predicted molar refractivity (Wildman–Crippen MR) is 243 cm³/mol. The van der Waals surface area contributed by atoms with Crippen LogP contribution < -0.4 is 59.9 Å². The van der Waals surface area contributed by atoms with Crippen molar-refractivity contribution in [2.75, 3.05) is 33.3 Å². The minimum absolute atomic E-state index is 0.0779. The molecule has 23 nitrogen and oxygen atoms in total. The number of carbonyl (C=O) groups excluding carboxylic acids is 8. The van der Waals surface area contributed by atoms with Crippen LogP contribution >= 0.6 is 0 Å². The largest absolute Gasteiger partial charge is 0.497 e. The smallest absolute Gasteiger partial charge is 0.336 e. The first-order chi connectivity index (χ1) is 31.1. The Hall–Kier alpha value is -6.78. The number of benzene rings is 1. The monoisotopic (exact) mass is 926 g/mol. The lowest BCUT2D eigenvalue weighted by molar-refractivity contribution is -0.142. The Morgan fingerprint density at radius 2 is 1.53 bits per heavy atom. The van der Waals surface area contributed by atoms with Gasteiger partial charge in [-0.1, -0.05) is 13.8 Å². The van der Waals surface area contributed by atoms with Crippen molar-refractivity contribution < 1.29 is 47.5 Å². The first-order valence-electron chi connectivity index (χ1n) is 21.8. The van der Waals surface area contributed by atoms with Gasteiger partial charge < -0.3 is 68.5 Å². The number of hydrogen-bond acceptors (Lipinski definition) is 13. The Balaban J connectivity index is 1.62. The number of rotatable bonds is 24. The number of nitrogens with two attached hydrogens (primary N) is 4. The Bertz CT molecular complexity index is 2170. The third kappa shape index (κ3) is 15.7. The van der Waals surface area contributed by atoms with Crippen LogP contribution in [0.25, 0.3) is 11.0 Å². The van der Waals surface area contributed by atoms with Gasteiger partial charge in [0.05, 0.1) is 20.1 Å². The van der Waals surface area contributed by atoms with Crippen molar-refractivity contribution in [3.63, 3.8) is 0 Å². The van der Waals surface area contributed by atoms with Crippen molar-refractivity contribution in [1.29, 1.82) is 0 Å². The van der Waals surface area contributed by atoms with Crippen molar-refractivity contribution >= 4 is 64.2 Å². The van der Waals surface area contributed by atoms with Crippen LogP contribution in [0.4, 0.5) is 0 Å². The Morgan fingerprint density at radius 3 is 2.14 bits per heavy atom. The van der Waals surface area contributed by atoms with Gasteiger partial charge >= 0.3 is 5.63 Å². The summed E-state index contributed by atoms with van der Waals surface area (Å²) < 4.78 is 10.5. The molecular formula is C43H66N12O11. The third-order valence-corrected chi connectivity index (χ3v) is 10.8. The fraction of sp³-hybridized carbons (Fsp3) is 0.581. The highest BCUT2D eigenvalue weighted by molar-refractivity contribution is 5.97. The predicted octanol–water partition coefficient (Wildman–Crippen LogP) is -2.42. The molecule has 2 aromatic rings. The van der Waals surface area contributed by atoms with Gasteiger partial charge in [0.1, 0.15) is 47.6 Å². The summed E-state index contributed by atoms with van der Waals surface area (Å²) >= 11 is 0. The second kappa shape index (κ2) is 25.1. The lowest BCUT2D eigenvalue weighted by Gasteiger charge is -2.31. The van der Waals surface area contributed by atoms with Crippen LogP contribution in [0.2, 0.25) is 0 Å². The van der Waals surface area contributed by atoms with Gasteiger partial charge in [-0.3, -0.25) is 43.3 Å². The van der Waals surface area contributed by atoms with Crippen LogP contribution in [0.1, 0.15) is 79.2 Å². The van der Waals surface area contributed by atoms with E-state index in [2.05, 4.69) is 31.6 Å². The van der Waals surface area contributed by atoms with E-state index in [1.54, 1.807) is 32.0 Å². The molecule has 0 radical (unpaired) electrons. The zero-order valence-electron chi connectivity index (χ0n) is 38.6. The van der Waals surface area contributed by atoms with Gasteiger partial charge in [0.2, 0.25) is 47.3 Å². The highest BCUT2D eigenvalue weighted by atomic mass is 16.5. The van der Waals surface area contributed by atoms with Crippen LogP contribution in [0.5, 0.6) is 5.75 Å². The summed E-state index contributed by atoms with van der Waals surface area (Å²) in [5.74, 6) is -5.11. The van der Waals surface area contributed by atoms with Gasteiger partial charge in [-0.15, -0.1) is 0 Å². The second-order valence-corrected chi connectivity index (χ2v) is 16.9. The number of likely N-dealkylation sites (tertiary alicyclic amines) is 1. The number of amides is 8. The van der Waals surface area contributed by atoms with Crippen molar-refractivity contribution in [2.24, 2.45) is 33.8 Å². The average Bonchev–Trinajstić information content (AvgIpc) is 3.75. The van der Waals surface area contributed by atoms with Crippen LogP contribution in [0.3, 0.4) is 0 Å². The fourth-order valence-corrected chi connectivity index (χ4v) is 7.29. The number of primary amides is 1. The van der Waals surface area contributed by atoms with Gasteiger partial charge in [-0.25, -0.2) is 4.79 Å². The minimum atomic E-state index is -1.32. The maximum atomic E-state index is 13.8. The Kier molecular flexibility index (Phi) is 20.3. The summed E-state index contributed by atoms with van der Waals surface area (Å²) in [6.45, 7) is 9.35. The van der Waals surface area contributed by atoms with Crippen LogP contribution in [0.15, 0.2) is 38.5 Å². The number of guanidine groups is 1. The van der Waals surface area contributed by atoms with E-state index in [4.69, 9.17) is 32.1 Å². The van der Waals surface area contributed by atoms with Gasteiger partial charge in [0.15, 0.2) is 5.96 Å². The zero-order valence-corrected chi connectivity index (χ0v) is 38.6. The summed E-state index contributed by atoms with van der Waals surface area (Å²) in [4.78, 5) is 125. The molecule has 8 amide bonds. The number of nitrogens with one attached hydrogen (secondary N) is 5. The van der Waals surface area contributed by atoms with Crippen LogP contribution in [-0.4, -0.2) is 139 Å². The molecular weight excluding hydrogens is 861 g/mol. The van der Waals surface area contributed by atoms with E-state index < -0.39 is 102 Å². The normalized spacial score (nSPS) is 15.7. The Labute approximate surface area is 382 Å². The van der Waals surface area contributed by atoms with Crippen LogP contribution in [0, 0.1) is 5.92 Å². The summed E-state index contributed by atoms with van der Waals surface area (Å²) in [5, 5.41) is 13.4. The topological polar surface area (TPSA) is 359 Å². The molecule has 6 atom stereocenters. The molecule has 1 aliphatic heterocycles. The lowest BCUT2D eigenvalue weighted by atomic mass is 10.0. The number of nitrogens with zero attached hydrogens (tertiary/aromatic N) is 3. The maximum Gasteiger partial charge on any atom is 0.336 e. The summed E-state index contributed by atoms with van der Waals surface area (Å²) in [6.07, 6.45) is 1.33. The van der Waals surface area contributed by atoms with E-state index in [1.807, 2.05) is 13.8 Å². The molecule has 0 aliphatic carbocycles. The van der Waals surface area contributed by atoms with E-state index in [0.717, 1.165) is 0 Å². The van der Waals surface area contributed by atoms with Gasteiger partial charge in [-0.2, -0.15) is 0 Å². The molecule has 0 spiro atoms. The summed E-state index contributed by atoms with van der Waals surface area (Å²) in [6, 6.07) is -1.14. The molecule has 364 valence electrons. The zero-order chi connectivity index (χ0) is 49.4. The average molecular weight is 927 g/mol. The SMILES string of the molecule is COc1ccc2c(CC(=O)N3CCC[C@H]3C(=O)N[C@@H](CC(C)C)C(=O)N[C@@H](C)C(=O)N(CC(=O)N[C@@H](CN)C(=O)N[C@@H](C)C(=O)N[C@@H](CCCN=C(N)N)C(N)=O)C(C)C)cc(=O)oc2c1. The molecule has 23 heteroatoms. The molecule has 1 aromatic heterocycles. The number of fused-ring (bicyclic) bond motifs is 1. The van der Waals surface area contributed by atoms with E-state index in [0.29, 0.717) is 36.0 Å². The molecule has 0 bridgehead atoms. The first kappa shape index (κ1) is 53.6. The molecule has 1 aromatic carbocycles. The molecule has 1 fully saturated rings.